The van der Waals surface area contributed by atoms with Crippen molar-refractivity contribution in [2.24, 2.45) is 5.73 Å². The van der Waals surface area contributed by atoms with Crippen molar-refractivity contribution in [3.8, 4) is 0 Å². The smallest absolute Gasteiger partial charge is 0.00964 e. The second-order valence-electron chi connectivity index (χ2n) is 4.31. The van der Waals surface area contributed by atoms with Crippen molar-refractivity contribution in [3.05, 3.63) is 0 Å². The van der Waals surface area contributed by atoms with Crippen LogP contribution in [0.15, 0.2) is 0 Å². The lowest BCUT2D eigenvalue weighted by Gasteiger charge is -2.33. The standard InChI is InChI=1S/C10H20N2/c11-9-3-5-10(6-4-9)12-7-1-2-8-12/h9-10H,1-8,11H2/t9-,10+. The van der Waals surface area contributed by atoms with Crippen LogP contribution in [-0.4, -0.2) is 30.1 Å². The summed E-state index contributed by atoms with van der Waals surface area (Å²) in [4.78, 5) is 2.67. The van der Waals surface area contributed by atoms with Crippen LogP contribution in [0.4, 0.5) is 0 Å². The van der Waals surface area contributed by atoms with Crippen LogP contribution >= 0.6 is 0 Å². The molecule has 2 rings (SSSR count). The second kappa shape index (κ2) is 3.75. The lowest BCUT2D eigenvalue weighted by Crippen LogP contribution is -2.39. The molecule has 70 valence electrons. The maximum atomic E-state index is 5.88. The van der Waals surface area contributed by atoms with Crippen LogP contribution in [0.25, 0.3) is 0 Å². The van der Waals surface area contributed by atoms with Crippen molar-refractivity contribution in [1.82, 2.24) is 4.90 Å². The Kier molecular flexibility index (Phi) is 2.66. The quantitative estimate of drug-likeness (QED) is 0.640. The summed E-state index contributed by atoms with van der Waals surface area (Å²) in [5, 5.41) is 0. The fourth-order valence-corrected chi connectivity index (χ4v) is 2.57. The molecule has 0 amide bonds. The van der Waals surface area contributed by atoms with Crippen molar-refractivity contribution in [2.45, 2.75) is 50.6 Å². The van der Waals surface area contributed by atoms with E-state index in [1.54, 1.807) is 0 Å². The van der Waals surface area contributed by atoms with E-state index in [-0.39, 0.29) is 0 Å². The molecule has 2 aliphatic rings. The molecule has 1 aliphatic heterocycles. The Hall–Kier alpha value is -0.0800. The predicted octanol–water partition coefficient (Wildman–Crippen LogP) is 1.35. The van der Waals surface area contributed by atoms with Crippen LogP contribution < -0.4 is 5.73 Å². The highest BCUT2D eigenvalue weighted by Crippen LogP contribution is 2.24. The van der Waals surface area contributed by atoms with Crippen LogP contribution in [0.1, 0.15) is 38.5 Å². The number of nitrogens with two attached hydrogens (primary N) is 1. The largest absolute Gasteiger partial charge is 0.328 e. The molecule has 2 heteroatoms. The van der Waals surface area contributed by atoms with Gasteiger partial charge in [0.05, 0.1) is 0 Å². The minimum absolute atomic E-state index is 0.504. The van der Waals surface area contributed by atoms with Crippen molar-refractivity contribution in [3.63, 3.8) is 0 Å². The molecule has 0 aromatic carbocycles. The van der Waals surface area contributed by atoms with E-state index in [1.807, 2.05) is 0 Å². The maximum absolute atomic E-state index is 5.88. The highest BCUT2D eigenvalue weighted by atomic mass is 15.2. The average molecular weight is 168 g/mol. The number of rotatable bonds is 1. The Balaban J connectivity index is 1.80. The van der Waals surface area contributed by atoms with Crippen molar-refractivity contribution in [1.29, 1.82) is 0 Å². The molecule has 0 aromatic rings. The molecule has 1 saturated heterocycles. The minimum atomic E-state index is 0.504. The summed E-state index contributed by atoms with van der Waals surface area (Å²) >= 11 is 0. The van der Waals surface area contributed by atoms with Crippen LogP contribution in [0.2, 0.25) is 0 Å². The van der Waals surface area contributed by atoms with Gasteiger partial charge >= 0.3 is 0 Å². The zero-order valence-electron chi connectivity index (χ0n) is 7.84. The molecule has 2 fully saturated rings. The van der Waals surface area contributed by atoms with Gasteiger partial charge in [-0.25, -0.2) is 0 Å². The van der Waals surface area contributed by atoms with Crippen molar-refractivity contribution >= 4 is 0 Å². The summed E-state index contributed by atoms with van der Waals surface area (Å²) < 4.78 is 0. The van der Waals surface area contributed by atoms with Crippen molar-refractivity contribution in [2.75, 3.05) is 13.1 Å². The SMILES string of the molecule is N[C@H]1CC[C@@H](N2CCCC2)CC1. The van der Waals surface area contributed by atoms with Gasteiger partial charge in [-0.2, -0.15) is 0 Å². The molecule has 0 unspecified atom stereocenters. The average Bonchev–Trinajstić information content (AvgIpc) is 2.58. The van der Waals surface area contributed by atoms with Gasteiger partial charge in [0.2, 0.25) is 0 Å². The fraction of sp³-hybridized carbons (Fsp3) is 1.00. The van der Waals surface area contributed by atoms with E-state index in [0.29, 0.717) is 6.04 Å². The third-order valence-corrected chi connectivity index (χ3v) is 3.40. The first-order chi connectivity index (χ1) is 5.86. The first-order valence-corrected chi connectivity index (χ1v) is 5.36. The van der Waals surface area contributed by atoms with Gasteiger partial charge in [-0.3, -0.25) is 0 Å². The topological polar surface area (TPSA) is 29.3 Å². The molecular formula is C10H20N2. The first-order valence-electron chi connectivity index (χ1n) is 5.36. The number of hydrogen-bond acceptors (Lipinski definition) is 2. The van der Waals surface area contributed by atoms with Crippen LogP contribution in [0.3, 0.4) is 0 Å². The van der Waals surface area contributed by atoms with Gasteiger partial charge in [0, 0.05) is 12.1 Å². The van der Waals surface area contributed by atoms with E-state index in [4.69, 9.17) is 5.73 Å². The van der Waals surface area contributed by atoms with Crippen molar-refractivity contribution < 1.29 is 0 Å². The fourth-order valence-electron chi connectivity index (χ4n) is 2.57. The number of likely N-dealkylation sites (tertiary alicyclic amines) is 1. The van der Waals surface area contributed by atoms with E-state index in [2.05, 4.69) is 4.90 Å². The molecule has 0 radical (unpaired) electrons. The van der Waals surface area contributed by atoms with Crippen LogP contribution in [0, 0.1) is 0 Å². The molecule has 0 atom stereocenters. The van der Waals surface area contributed by atoms with E-state index < -0.39 is 0 Å². The van der Waals surface area contributed by atoms with Gasteiger partial charge in [-0.1, -0.05) is 0 Å². The zero-order valence-corrected chi connectivity index (χ0v) is 7.84. The molecule has 2 nitrogen and oxygen atoms in total. The monoisotopic (exact) mass is 168 g/mol. The summed E-state index contributed by atoms with van der Waals surface area (Å²) in [5.74, 6) is 0. The van der Waals surface area contributed by atoms with Gasteiger partial charge in [0.15, 0.2) is 0 Å². The highest BCUT2D eigenvalue weighted by Gasteiger charge is 2.25. The van der Waals surface area contributed by atoms with E-state index >= 15 is 0 Å². The Morgan fingerprint density at radius 1 is 0.917 bits per heavy atom. The van der Waals surface area contributed by atoms with E-state index in [1.165, 1.54) is 51.6 Å². The molecular weight excluding hydrogens is 148 g/mol. The highest BCUT2D eigenvalue weighted by molar-refractivity contribution is 4.83. The summed E-state index contributed by atoms with van der Waals surface area (Å²) in [7, 11) is 0. The molecule has 0 spiro atoms. The van der Waals surface area contributed by atoms with Crippen LogP contribution in [0.5, 0.6) is 0 Å². The molecule has 0 aromatic heterocycles. The van der Waals surface area contributed by atoms with Gasteiger partial charge in [-0.15, -0.1) is 0 Å². The lowest BCUT2D eigenvalue weighted by atomic mass is 9.91. The van der Waals surface area contributed by atoms with Crippen LogP contribution in [-0.2, 0) is 0 Å². The normalized spacial score (nSPS) is 38.8. The Morgan fingerprint density at radius 3 is 2.08 bits per heavy atom. The molecule has 1 aliphatic carbocycles. The Labute approximate surface area is 75.1 Å². The Bertz CT molecular complexity index is 133. The summed E-state index contributed by atoms with van der Waals surface area (Å²) in [6.45, 7) is 2.69. The molecule has 2 N–H and O–H groups in total. The molecule has 12 heavy (non-hydrogen) atoms. The summed E-state index contributed by atoms with van der Waals surface area (Å²) in [5.41, 5.74) is 5.88. The summed E-state index contributed by atoms with van der Waals surface area (Å²) in [6.07, 6.45) is 8.04. The molecule has 1 heterocycles. The second-order valence-corrected chi connectivity index (χ2v) is 4.31. The van der Waals surface area contributed by atoms with E-state index in [0.717, 1.165) is 6.04 Å². The van der Waals surface area contributed by atoms with E-state index in [9.17, 15) is 0 Å². The van der Waals surface area contributed by atoms with Gasteiger partial charge in [0.25, 0.3) is 0 Å². The minimum Gasteiger partial charge on any atom is -0.328 e. The zero-order chi connectivity index (χ0) is 8.39. The third-order valence-electron chi connectivity index (χ3n) is 3.40. The third kappa shape index (κ3) is 1.80. The summed E-state index contributed by atoms with van der Waals surface area (Å²) in [6, 6.07) is 1.39. The lowest BCUT2D eigenvalue weighted by molar-refractivity contribution is 0.182. The molecule has 0 bridgehead atoms. The number of hydrogen-bond donors (Lipinski definition) is 1. The molecule has 1 saturated carbocycles. The van der Waals surface area contributed by atoms with Gasteiger partial charge in [-0.05, 0) is 51.6 Å². The number of nitrogens with zero attached hydrogens (tertiary/aromatic N) is 1. The maximum Gasteiger partial charge on any atom is 0.00964 e. The predicted molar refractivity (Wildman–Crippen MR) is 51.0 cm³/mol. The Morgan fingerprint density at radius 2 is 1.50 bits per heavy atom. The first kappa shape index (κ1) is 8.52. The van der Waals surface area contributed by atoms with Gasteiger partial charge < -0.3 is 10.6 Å². The van der Waals surface area contributed by atoms with Gasteiger partial charge in [0.1, 0.15) is 0 Å².